The van der Waals surface area contributed by atoms with E-state index in [1.165, 1.54) is 0 Å². The molecule has 6 heteroatoms. The van der Waals surface area contributed by atoms with Crippen LogP contribution in [0, 0.1) is 5.92 Å². The zero-order valence-electron chi connectivity index (χ0n) is 14.2. The summed E-state index contributed by atoms with van der Waals surface area (Å²) in [5, 5.41) is 0.767. The molecule has 0 radical (unpaired) electrons. The van der Waals surface area contributed by atoms with E-state index < -0.39 is 0 Å². The number of aromatic nitrogens is 2. The number of rotatable bonds is 3. The molecule has 5 rings (SSSR count). The summed E-state index contributed by atoms with van der Waals surface area (Å²) in [6, 6.07) is 7.85. The predicted octanol–water partition coefficient (Wildman–Crippen LogP) is 4.69. The average Bonchev–Trinajstić information content (AvgIpc) is 3.21. The van der Waals surface area contributed by atoms with E-state index in [-0.39, 0.29) is 18.0 Å². The predicted molar refractivity (Wildman–Crippen MR) is 107 cm³/mol. The second kappa shape index (κ2) is 6.51. The number of hydrogen-bond donors (Lipinski definition) is 0. The minimum Gasteiger partial charge on any atom is -0.454 e. The van der Waals surface area contributed by atoms with Crippen molar-refractivity contribution >= 4 is 39.4 Å². The highest BCUT2D eigenvalue weighted by Gasteiger charge is 2.31. The number of fused-ring (bicyclic) bond motifs is 2. The van der Waals surface area contributed by atoms with Crippen molar-refractivity contribution in [3.05, 3.63) is 88.2 Å². The Kier molecular flexibility index (Phi) is 3.99. The monoisotopic (exact) mass is 394 g/mol. The third-order valence-electron chi connectivity index (χ3n) is 4.75. The fraction of sp³-hybridized carbons (Fsp3) is 0.143. The highest BCUT2D eigenvalue weighted by molar-refractivity contribution is 7.17. The molecule has 3 aromatic rings. The lowest BCUT2D eigenvalue weighted by Crippen LogP contribution is -2.29. The lowest BCUT2D eigenvalue weighted by Gasteiger charge is -2.26. The normalized spacial score (nSPS) is 21.2. The molecule has 0 fully saturated rings. The smallest absolute Gasteiger partial charge is 0.340 e. The van der Waals surface area contributed by atoms with Crippen LogP contribution in [0.1, 0.15) is 16.1 Å². The third kappa shape index (κ3) is 3.03. The summed E-state index contributed by atoms with van der Waals surface area (Å²) >= 11 is 7.86. The first-order valence-electron chi connectivity index (χ1n) is 8.66. The van der Waals surface area contributed by atoms with E-state index in [1.807, 2.05) is 71.4 Å². The minimum absolute atomic E-state index is 0.0678. The van der Waals surface area contributed by atoms with Crippen molar-refractivity contribution in [2.75, 3.05) is 0 Å². The number of imidazole rings is 1. The number of carbonyl (C=O) groups is 1. The number of carbonyl (C=O) groups excluding carboxylic acids is 1. The lowest BCUT2D eigenvalue weighted by atomic mass is 9.92. The van der Waals surface area contributed by atoms with Crippen LogP contribution in [0.4, 0.5) is 0 Å². The summed E-state index contributed by atoms with van der Waals surface area (Å²) in [6.07, 6.45) is 14.2. The maximum atomic E-state index is 12.4. The van der Waals surface area contributed by atoms with Crippen molar-refractivity contribution in [1.82, 2.24) is 9.38 Å². The first-order chi connectivity index (χ1) is 13.2. The molecule has 3 heterocycles. The minimum atomic E-state index is -0.321. The van der Waals surface area contributed by atoms with Gasteiger partial charge in [-0.2, -0.15) is 0 Å². The van der Waals surface area contributed by atoms with Gasteiger partial charge in [0.1, 0.15) is 6.10 Å². The molecule has 134 valence electrons. The zero-order valence-corrected chi connectivity index (χ0v) is 15.8. The largest absolute Gasteiger partial charge is 0.454 e. The van der Waals surface area contributed by atoms with Crippen LogP contribution in [0.3, 0.4) is 0 Å². The number of nitrogens with zero attached hydrogens (tertiary/aromatic N) is 2. The maximum Gasteiger partial charge on any atom is 0.340 e. The Morgan fingerprint density at radius 2 is 2.04 bits per heavy atom. The van der Waals surface area contributed by atoms with Crippen molar-refractivity contribution < 1.29 is 9.53 Å². The fourth-order valence-corrected chi connectivity index (χ4v) is 4.58. The molecule has 1 aromatic carbocycles. The van der Waals surface area contributed by atoms with Crippen LogP contribution in [0.2, 0.25) is 5.02 Å². The van der Waals surface area contributed by atoms with Gasteiger partial charge in [0.15, 0.2) is 4.96 Å². The Morgan fingerprint density at radius 3 is 2.89 bits per heavy atom. The summed E-state index contributed by atoms with van der Waals surface area (Å²) in [6.45, 7) is 0. The van der Waals surface area contributed by atoms with Gasteiger partial charge in [0.2, 0.25) is 0 Å². The zero-order chi connectivity index (χ0) is 18.4. The number of halogens is 1. The standard InChI is InChI=1S/C21H15ClN2O2S/c22-17-7-3-1-5-13(17)9-15-11-24-12-18(23-21(24)27-15)16-10-14-6-2-4-8-19(14)26-20(16)25/h1-8,10-12,14,19H,9H2/t14-,19-/m1/s1. The van der Waals surface area contributed by atoms with Crippen molar-refractivity contribution in [3.8, 4) is 0 Å². The van der Waals surface area contributed by atoms with Crippen LogP contribution in [0.25, 0.3) is 10.5 Å². The second-order valence-corrected chi connectivity index (χ2v) is 8.08. The van der Waals surface area contributed by atoms with Crippen molar-refractivity contribution in [3.63, 3.8) is 0 Å². The molecule has 1 aliphatic heterocycles. The molecule has 0 unspecified atom stereocenters. The Labute approximate surface area is 165 Å². The van der Waals surface area contributed by atoms with E-state index in [2.05, 4.69) is 4.98 Å². The molecule has 1 aliphatic carbocycles. The number of esters is 1. The Balaban J connectivity index is 1.44. The summed E-state index contributed by atoms with van der Waals surface area (Å²) < 4.78 is 7.50. The number of benzene rings is 1. The molecule has 0 spiro atoms. The van der Waals surface area contributed by atoms with Gasteiger partial charge >= 0.3 is 5.97 Å². The summed E-state index contributed by atoms with van der Waals surface area (Å²) in [4.78, 5) is 19.0. The van der Waals surface area contributed by atoms with Crippen LogP contribution in [-0.4, -0.2) is 21.5 Å². The van der Waals surface area contributed by atoms with Crippen molar-refractivity contribution in [2.24, 2.45) is 5.92 Å². The average molecular weight is 395 g/mol. The van der Waals surface area contributed by atoms with Crippen LogP contribution in [0.15, 0.2) is 67.0 Å². The molecular weight excluding hydrogens is 380 g/mol. The van der Waals surface area contributed by atoms with Gasteiger partial charge in [0.05, 0.1) is 11.3 Å². The first-order valence-corrected chi connectivity index (χ1v) is 9.86. The van der Waals surface area contributed by atoms with Crippen molar-refractivity contribution in [1.29, 1.82) is 0 Å². The van der Waals surface area contributed by atoms with Crippen LogP contribution < -0.4 is 0 Å². The van der Waals surface area contributed by atoms with E-state index in [1.54, 1.807) is 11.3 Å². The fourth-order valence-electron chi connectivity index (χ4n) is 3.39. The summed E-state index contributed by atoms with van der Waals surface area (Å²) in [5.74, 6) is -0.253. The maximum absolute atomic E-state index is 12.4. The van der Waals surface area contributed by atoms with Gasteiger partial charge < -0.3 is 4.74 Å². The SMILES string of the molecule is O=C1O[C@@H]2C=CC=C[C@@H]2C=C1c1cn2cc(Cc3ccccc3Cl)sc2n1. The molecule has 2 atom stereocenters. The molecule has 2 aromatic heterocycles. The van der Waals surface area contributed by atoms with E-state index in [9.17, 15) is 4.79 Å². The molecular formula is C21H15ClN2O2S. The van der Waals surface area contributed by atoms with Gasteiger partial charge in [-0.15, -0.1) is 11.3 Å². The van der Waals surface area contributed by atoms with Gasteiger partial charge in [-0.1, -0.05) is 54.1 Å². The Bertz CT molecular complexity index is 1110. The number of allylic oxidation sites excluding steroid dienone is 2. The Morgan fingerprint density at radius 1 is 1.19 bits per heavy atom. The molecule has 2 aliphatic rings. The highest BCUT2D eigenvalue weighted by Crippen LogP contribution is 2.31. The first kappa shape index (κ1) is 16.5. The van der Waals surface area contributed by atoms with Gasteiger partial charge in [0.25, 0.3) is 0 Å². The van der Waals surface area contributed by atoms with Crippen molar-refractivity contribution in [2.45, 2.75) is 12.5 Å². The highest BCUT2D eigenvalue weighted by atomic mass is 35.5. The molecule has 0 saturated heterocycles. The second-order valence-electron chi connectivity index (χ2n) is 6.58. The van der Waals surface area contributed by atoms with Crippen LogP contribution in [0.5, 0.6) is 0 Å². The topological polar surface area (TPSA) is 43.6 Å². The number of ether oxygens (including phenoxy) is 1. The van der Waals surface area contributed by atoms with Crippen LogP contribution in [-0.2, 0) is 16.0 Å². The number of thiazole rings is 1. The summed E-state index contributed by atoms with van der Waals surface area (Å²) in [5.41, 5.74) is 2.27. The molecule has 0 amide bonds. The molecule has 27 heavy (non-hydrogen) atoms. The molecule has 0 saturated carbocycles. The van der Waals surface area contributed by atoms with Crippen LogP contribution >= 0.6 is 22.9 Å². The third-order valence-corrected chi connectivity index (χ3v) is 6.11. The molecule has 0 N–H and O–H groups in total. The van der Waals surface area contributed by atoms with Gasteiger partial charge in [-0.3, -0.25) is 4.40 Å². The van der Waals surface area contributed by atoms with E-state index in [0.717, 1.165) is 26.8 Å². The summed E-state index contributed by atoms with van der Waals surface area (Å²) in [7, 11) is 0. The van der Waals surface area contributed by atoms with Gasteiger partial charge in [0, 0.05) is 34.6 Å². The lowest BCUT2D eigenvalue weighted by molar-refractivity contribution is -0.141. The van der Waals surface area contributed by atoms with Gasteiger partial charge in [-0.25, -0.2) is 9.78 Å². The van der Waals surface area contributed by atoms with E-state index in [0.29, 0.717) is 11.3 Å². The molecule has 4 nitrogen and oxygen atoms in total. The molecule has 0 bridgehead atoms. The van der Waals surface area contributed by atoms with Gasteiger partial charge in [-0.05, 0) is 17.7 Å². The van der Waals surface area contributed by atoms with E-state index >= 15 is 0 Å². The quantitative estimate of drug-likeness (QED) is 0.605. The number of hydrogen-bond acceptors (Lipinski definition) is 4. The van der Waals surface area contributed by atoms with E-state index in [4.69, 9.17) is 16.3 Å². The Hall–Kier alpha value is -2.63.